The van der Waals surface area contributed by atoms with Crippen molar-refractivity contribution in [2.24, 2.45) is 0 Å². The summed E-state index contributed by atoms with van der Waals surface area (Å²) >= 11 is 0. The number of amides is 1. The molecule has 0 radical (unpaired) electrons. The van der Waals surface area contributed by atoms with E-state index in [1.54, 1.807) is 49.4 Å². The van der Waals surface area contributed by atoms with Crippen LogP contribution in [0.1, 0.15) is 49.0 Å². The zero-order valence-corrected chi connectivity index (χ0v) is 19.2. The standard InChI is InChI=1S/C23H30N2O5S/c1-5-7-15-30-23(27)18-11-13-19(14-12-18)24-22(26)21(6-2)25(31(4,28)29)20-10-8-9-17(3)16-20/h8-14,16,21H,5-7,15H2,1-4H3,(H,24,26)/t21-/m1/s1. The summed E-state index contributed by atoms with van der Waals surface area (Å²) in [6, 6.07) is 12.4. The summed E-state index contributed by atoms with van der Waals surface area (Å²) in [4.78, 5) is 25.0. The van der Waals surface area contributed by atoms with Crippen LogP contribution in [0.25, 0.3) is 0 Å². The minimum Gasteiger partial charge on any atom is -0.462 e. The molecule has 0 saturated heterocycles. The molecule has 0 bridgehead atoms. The summed E-state index contributed by atoms with van der Waals surface area (Å²) in [5.74, 6) is -0.867. The van der Waals surface area contributed by atoms with Gasteiger partial charge in [0.1, 0.15) is 6.04 Å². The molecule has 0 spiro atoms. The molecule has 0 aromatic heterocycles. The van der Waals surface area contributed by atoms with Crippen LogP contribution < -0.4 is 9.62 Å². The van der Waals surface area contributed by atoms with Gasteiger partial charge >= 0.3 is 5.97 Å². The molecule has 0 unspecified atom stereocenters. The zero-order chi connectivity index (χ0) is 23.0. The lowest BCUT2D eigenvalue weighted by atomic mass is 10.1. The molecular formula is C23H30N2O5S. The van der Waals surface area contributed by atoms with Crippen molar-refractivity contribution in [2.75, 3.05) is 22.5 Å². The lowest BCUT2D eigenvalue weighted by molar-refractivity contribution is -0.117. The Morgan fingerprint density at radius 2 is 1.77 bits per heavy atom. The van der Waals surface area contributed by atoms with Gasteiger partial charge in [0.15, 0.2) is 0 Å². The van der Waals surface area contributed by atoms with Crippen LogP contribution in [0.3, 0.4) is 0 Å². The van der Waals surface area contributed by atoms with Gasteiger partial charge in [-0.1, -0.05) is 32.4 Å². The second-order valence-electron chi connectivity index (χ2n) is 7.38. The molecule has 0 aliphatic heterocycles. The van der Waals surface area contributed by atoms with Crippen LogP contribution >= 0.6 is 0 Å². The molecular weight excluding hydrogens is 416 g/mol. The van der Waals surface area contributed by atoms with Crippen molar-refractivity contribution in [1.82, 2.24) is 0 Å². The smallest absolute Gasteiger partial charge is 0.338 e. The first-order chi connectivity index (χ1) is 14.7. The zero-order valence-electron chi connectivity index (χ0n) is 18.4. The number of ether oxygens (including phenoxy) is 1. The molecule has 0 saturated carbocycles. The van der Waals surface area contributed by atoms with E-state index in [0.717, 1.165) is 29.0 Å². The van der Waals surface area contributed by atoms with Crippen molar-refractivity contribution in [3.63, 3.8) is 0 Å². The van der Waals surface area contributed by atoms with Crippen LogP contribution in [-0.4, -0.2) is 39.2 Å². The summed E-state index contributed by atoms with van der Waals surface area (Å²) in [5, 5.41) is 2.75. The normalized spacial score (nSPS) is 12.1. The van der Waals surface area contributed by atoms with Crippen LogP contribution in [0, 0.1) is 6.92 Å². The fourth-order valence-corrected chi connectivity index (χ4v) is 4.34. The van der Waals surface area contributed by atoms with Gasteiger partial charge in [-0.05, 0) is 61.7 Å². The average molecular weight is 447 g/mol. The van der Waals surface area contributed by atoms with Crippen molar-refractivity contribution in [1.29, 1.82) is 0 Å². The summed E-state index contributed by atoms with van der Waals surface area (Å²) < 4.78 is 31.4. The Morgan fingerprint density at radius 1 is 1.10 bits per heavy atom. The van der Waals surface area contributed by atoms with Crippen molar-refractivity contribution in [3.05, 3.63) is 59.7 Å². The average Bonchev–Trinajstić information content (AvgIpc) is 2.71. The predicted octanol–water partition coefficient (Wildman–Crippen LogP) is 4.14. The van der Waals surface area contributed by atoms with E-state index < -0.39 is 27.9 Å². The molecule has 7 nitrogen and oxygen atoms in total. The van der Waals surface area contributed by atoms with E-state index in [-0.39, 0.29) is 6.42 Å². The quantitative estimate of drug-likeness (QED) is 0.437. The van der Waals surface area contributed by atoms with Gasteiger partial charge in [-0.15, -0.1) is 0 Å². The molecule has 8 heteroatoms. The van der Waals surface area contributed by atoms with Gasteiger partial charge < -0.3 is 10.1 Å². The van der Waals surface area contributed by atoms with Gasteiger partial charge in [0.05, 0.1) is 24.1 Å². The molecule has 0 fully saturated rings. The van der Waals surface area contributed by atoms with Gasteiger partial charge in [0, 0.05) is 5.69 Å². The maximum absolute atomic E-state index is 13.0. The lowest BCUT2D eigenvalue weighted by Crippen LogP contribution is -2.47. The molecule has 0 heterocycles. The van der Waals surface area contributed by atoms with E-state index >= 15 is 0 Å². The van der Waals surface area contributed by atoms with Crippen molar-refractivity contribution >= 4 is 33.3 Å². The first-order valence-corrected chi connectivity index (χ1v) is 12.2. The molecule has 0 aliphatic carbocycles. The number of hydrogen-bond acceptors (Lipinski definition) is 5. The van der Waals surface area contributed by atoms with Gasteiger partial charge in [0.25, 0.3) is 0 Å². The Kier molecular flexibility index (Phi) is 8.62. The molecule has 1 N–H and O–H groups in total. The highest BCUT2D eigenvalue weighted by Crippen LogP contribution is 2.24. The first kappa shape index (κ1) is 24.4. The van der Waals surface area contributed by atoms with Crippen molar-refractivity contribution in [3.8, 4) is 0 Å². The molecule has 2 rings (SSSR count). The monoisotopic (exact) mass is 446 g/mol. The number of esters is 1. The second-order valence-corrected chi connectivity index (χ2v) is 9.24. The highest BCUT2D eigenvalue weighted by atomic mass is 32.2. The Hall–Kier alpha value is -2.87. The van der Waals surface area contributed by atoms with Gasteiger partial charge in [-0.25, -0.2) is 13.2 Å². The van der Waals surface area contributed by atoms with E-state index in [1.165, 1.54) is 0 Å². The Labute approximate surface area is 184 Å². The third kappa shape index (κ3) is 6.82. The summed E-state index contributed by atoms with van der Waals surface area (Å²) in [5.41, 5.74) is 2.18. The number of carbonyl (C=O) groups excluding carboxylic acids is 2. The van der Waals surface area contributed by atoms with Gasteiger partial charge in [-0.2, -0.15) is 0 Å². The number of benzene rings is 2. The first-order valence-electron chi connectivity index (χ1n) is 10.3. The lowest BCUT2D eigenvalue weighted by Gasteiger charge is -2.30. The second kappa shape index (κ2) is 10.9. The number of anilines is 2. The van der Waals surface area contributed by atoms with Crippen LogP contribution in [-0.2, 0) is 19.6 Å². The third-order valence-corrected chi connectivity index (χ3v) is 5.88. The fraction of sp³-hybridized carbons (Fsp3) is 0.391. The van der Waals surface area contributed by atoms with E-state index in [9.17, 15) is 18.0 Å². The van der Waals surface area contributed by atoms with E-state index in [1.807, 2.05) is 19.9 Å². The Bertz CT molecular complexity index is 1000. The minimum atomic E-state index is -3.70. The summed E-state index contributed by atoms with van der Waals surface area (Å²) in [7, 11) is -3.70. The third-order valence-electron chi connectivity index (χ3n) is 4.71. The SMILES string of the molecule is CCCCOC(=O)c1ccc(NC(=O)[C@@H](CC)N(c2cccc(C)c2)S(C)(=O)=O)cc1. The van der Waals surface area contributed by atoms with E-state index in [2.05, 4.69) is 5.32 Å². The number of rotatable bonds is 10. The Balaban J connectivity index is 2.18. The molecule has 2 aromatic rings. The molecule has 0 aliphatic rings. The number of carbonyl (C=O) groups is 2. The van der Waals surface area contributed by atoms with Crippen LogP contribution in [0.2, 0.25) is 0 Å². The van der Waals surface area contributed by atoms with Gasteiger partial charge in [0.2, 0.25) is 15.9 Å². The maximum Gasteiger partial charge on any atom is 0.338 e. The number of hydrogen-bond donors (Lipinski definition) is 1. The van der Waals surface area contributed by atoms with Crippen molar-refractivity contribution in [2.45, 2.75) is 46.1 Å². The van der Waals surface area contributed by atoms with E-state index in [0.29, 0.717) is 23.5 Å². The molecule has 2 aromatic carbocycles. The molecule has 168 valence electrons. The van der Waals surface area contributed by atoms with Crippen LogP contribution in [0.15, 0.2) is 48.5 Å². The fourth-order valence-electron chi connectivity index (χ4n) is 3.13. The van der Waals surface area contributed by atoms with Crippen LogP contribution in [0.5, 0.6) is 0 Å². The molecule has 31 heavy (non-hydrogen) atoms. The van der Waals surface area contributed by atoms with Crippen LogP contribution in [0.4, 0.5) is 11.4 Å². The highest BCUT2D eigenvalue weighted by molar-refractivity contribution is 7.92. The van der Waals surface area contributed by atoms with Crippen molar-refractivity contribution < 1.29 is 22.7 Å². The summed E-state index contributed by atoms with van der Waals surface area (Å²) in [6.45, 7) is 6.00. The topological polar surface area (TPSA) is 92.8 Å². The number of nitrogens with one attached hydrogen (secondary N) is 1. The highest BCUT2D eigenvalue weighted by Gasteiger charge is 2.31. The molecule has 1 atom stereocenters. The van der Waals surface area contributed by atoms with Gasteiger partial charge in [-0.3, -0.25) is 9.10 Å². The Morgan fingerprint density at radius 3 is 2.32 bits per heavy atom. The maximum atomic E-state index is 13.0. The summed E-state index contributed by atoms with van der Waals surface area (Å²) in [6.07, 6.45) is 3.11. The van der Waals surface area contributed by atoms with E-state index in [4.69, 9.17) is 4.74 Å². The minimum absolute atomic E-state index is 0.286. The largest absolute Gasteiger partial charge is 0.462 e. The number of sulfonamides is 1. The molecule has 1 amide bonds. The number of unbranched alkanes of at least 4 members (excludes halogenated alkanes) is 1. The number of nitrogens with zero attached hydrogens (tertiary/aromatic N) is 1. The number of aryl methyl sites for hydroxylation is 1. The predicted molar refractivity (Wildman–Crippen MR) is 123 cm³/mol.